The molecule has 0 radical (unpaired) electrons. The van der Waals surface area contributed by atoms with Crippen molar-refractivity contribution in [3.05, 3.63) is 63.5 Å². The highest BCUT2D eigenvalue weighted by molar-refractivity contribution is 6.61. The van der Waals surface area contributed by atoms with Crippen LogP contribution in [-0.4, -0.2) is 91.3 Å². The van der Waals surface area contributed by atoms with Gasteiger partial charge < -0.3 is 45.7 Å². The lowest BCUT2D eigenvalue weighted by Gasteiger charge is -2.27. The van der Waals surface area contributed by atoms with E-state index in [0.717, 1.165) is 0 Å². The molecule has 1 aromatic carbocycles. The Morgan fingerprint density at radius 3 is 2.40 bits per heavy atom. The number of carbonyl (C=O) groups excluding carboxylic acids is 4. The molecule has 2 heterocycles. The van der Waals surface area contributed by atoms with Gasteiger partial charge in [0.25, 0.3) is 11.8 Å². The molecule has 206 valence electrons. The first kappa shape index (κ1) is 28.6. The molecule has 40 heavy (non-hydrogen) atoms. The molecule has 0 spiro atoms. The summed E-state index contributed by atoms with van der Waals surface area (Å²) in [4.78, 5) is 63.2. The fraction of sp³-hybridized carbons (Fsp3) is 0.292. The maximum atomic E-state index is 13.2. The zero-order valence-corrected chi connectivity index (χ0v) is 21.1. The Morgan fingerprint density at radius 1 is 0.975 bits per heavy atom. The Labute approximate surface area is 228 Å². The van der Waals surface area contributed by atoms with E-state index >= 15 is 0 Å². The molecule has 0 bridgehead atoms. The number of aliphatic carboxylic acids is 1. The Bertz CT molecular complexity index is 1410. The van der Waals surface area contributed by atoms with E-state index in [0.29, 0.717) is 22.1 Å². The molecular formula is C24H24B2N4O10. The van der Waals surface area contributed by atoms with Gasteiger partial charge in [0.15, 0.2) is 0 Å². The van der Waals surface area contributed by atoms with Gasteiger partial charge in [-0.2, -0.15) is 0 Å². The van der Waals surface area contributed by atoms with Crippen LogP contribution in [0.1, 0.15) is 22.3 Å². The third kappa shape index (κ3) is 6.24. The van der Waals surface area contributed by atoms with Crippen LogP contribution in [0.15, 0.2) is 52.4 Å². The lowest BCUT2D eigenvalue weighted by Crippen LogP contribution is -2.63. The van der Waals surface area contributed by atoms with Crippen LogP contribution in [0.5, 0.6) is 0 Å². The molecule has 0 saturated carbocycles. The summed E-state index contributed by atoms with van der Waals surface area (Å²) in [5.74, 6) is -4.67. The molecule has 16 heteroatoms. The number of rotatable bonds is 10. The summed E-state index contributed by atoms with van der Waals surface area (Å²) in [6.45, 7) is -0.0902. The standard InChI is InChI=1S/C24H24B2N4O10/c1-27-23(35)19(29-21(33)12-2-4-14-10-39-25(37)16(14)8-12)20(24(36)28-7-6-18(31)32)30-22(34)13-3-5-15-11-40-26(38)17(15)9-13/h3,5,8-9,19-20,37-38H,6-7,10-11H2,1H3,(H,27,35)(H,28,36)(H,29,33)(H,30,34)(H,31,32)/t19?,20-/m0/s1. The first-order chi connectivity index (χ1) is 19.1. The highest BCUT2D eigenvalue weighted by Crippen LogP contribution is 2.24. The monoisotopic (exact) mass is 550 g/mol. The lowest BCUT2D eigenvalue weighted by molar-refractivity contribution is -0.137. The van der Waals surface area contributed by atoms with E-state index in [2.05, 4.69) is 32.7 Å². The number of amides is 4. The second-order valence-electron chi connectivity index (χ2n) is 8.93. The van der Waals surface area contributed by atoms with E-state index in [-0.39, 0.29) is 30.9 Å². The molecule has 1 aromatic rings. The highest BCUT2D eigenvalue weighted by atomic mass is 16.5. The third-order valence-corrected chi connectivity index (χ3v) is 6.32. The molecule has 0 aromatic heterocycles. The lowest BCUT2D eigenvalue weighted by atomic mass is 9.76. The van der Waals surface area contributed by atoms with Gasteiger partial charge in [-0.05, 0) is 34.7 Å². The maximum absolute atomic E-state index is 13.2. The summed E-state index contributed by atoms with van der Waals surface area (Å²) in [5.41, 5.74) is 7.05. The maximum Gasteiger partial charge on any atom is 0.492 e. The van der Waals surface area contributed by atoms with Crippen LogP contribution >= 0.6 is 0 Å². The number of carboxylic acid groups (broad SMARTS) is 1. The van der Waals surface area contributed by atoms with Gasteiger partial charge in [-0.3, -0.25) is 24.0 Å². The van der Waals surface area contributed by atoms with Crippen molar-refractivity contribution in [3.8, 4) is 0 Å². The molecular weight excluding hydrogens is 526 g/mol. The number of carbonyl (C=O) groups is 5. The highest BCUT2D eigenvalue weighted by Gasteiger charge is 2.38. The van der Waals surface area contributed by atoms with E-state index in [1.165, 1.54) is 25.3 Å². The van der Waals surface area contributed by atoms with E-state index in [1.54, 1.807) is 6.07 Å². The number of benzene rings is 1. The molecule has 4 amide bonds. The van der Waals surface area contributed by atoms with Crippen molar-refractivity contribution < 1.29 is 48.4 Å². The van der Waals surface area contributed by atoms with Crippen LogP contribution in [0.25, 0.3) is 0 Å². The summed E-state index contributed by atoms with van der Waals surface area (Å²) < 4.78 is 10.2. The number of hydrogen-bond acceptors (Lipinski definition) is 9. The second-order valence-corrected chi connectivity index (χ2v) is 8.93. The predicted molar refractivity (Wildman–Crippen MR) is 137 cm³/mol. The molecule has 1 fully saturated rings. The minimum Gasteiger partial charge on any atom is -0.481 e. The van der Waals surface area contributed by atoms with Crippen LogP contribution in [0, 0.1) is 0 Å². The van der Waals surface area contributed by atoms with Crippen molar-refractivity contribution in [2.45, 2.75) is 25.1 Å². The first-order valence-corrected chi connectivity index (χ1v) is 12.1. The molecule has 4 rings (SSSR count). The average molecular weight is 550 g/mol. The normalized spacial score (nSPS) is 16.5. The number of hydrogen-bond donors (Lipinski definition) is 7. The van der Waals surface area contributed by atoms with Gasteiger partial charge in [0.1, 0.15) is 12.1 Å². The minimum absolute atomic E-state index is 0.0316. The fourth-order valence-electron chi connectivity index (χ4n) is 4.17. The number of nitrogens with one attached hydrogen (secondary N) is 4. The Kier molecular flexibility index (Phi) is 8.70. The molecule has 2 aliphatic heterocycles. The first-order valence-electron chi connectivity index (χ1n) is 12.1. The van der Waals surface area contributed by atoms with Gasteiger partial charge in [-0.15, -0.1) is 0 Å². The predicted octanol–water partition coefficient (Wildman–Crippen LogP) is -3.58. The van der Waals surface area contributed by atoms with Crippen molar-refractivity contribution in [2.24, 2.45) is 0 Å². The zero-order valence-electron chi connectivity index (χ0n) is 21.1. The molecule has 1 saturated heterocycles. The van der Waals surface area contributed by atoms with Crippen LogP contribution in [0.4, 0.5) is 0 Å². The summed E-state index contributed by atoms with van der Waals surface area (Å²) in [6.07, 6.45) is 0.870. The largest absolute Gasteiger partial charge is 0.492 e. The Hall–Kier alpha value is -4.42. The average Bonchev–Trinajstić information content (AvgIpc) is 3.50. The van der Waals surface area contributed by atoms with Crippen molar-refractivity contribution in [3.63, 3.8) is 0 Å². The molecule has 7 N–H and O–H groups in total. The van der Waals surface area contributed by atoms with Crippen molar-refractivity contribution in [1.29, 1.82) is 0 Å². The number of likely N-dealkylation sites (N-methyl/N-ethyl adjacent to an activating group) is 1. The fourth-order valence-corrected chi connectivity index (χ4v) is 4.17. The van der Waals surface area contributed by atoms with Gasteiger partial charge in [0.2, 0.25) is 11.8 Å². The van der Waals surface area contributed by atoms with Crippen molar-refractivity contribution in [1.82, 2.24) is 21.3 Å². The van der Waals surface area contributed by atoms with Crippen LogP contribution < -0.4 is 26.7 Å². The van der Waals surface area contributed by atoms with Gasteiger partial charge in [-0.25, -0.2) is 0 Å². The quantitative estimate of drug-likeness (QED) is 0.112. The van der Waals surface area contributed by atoms with Crippen LogP contribution in [-0.2, 0) is 35.1 Å². The third-order valence-electron chi connectivity index (χ3n) is 6.32. The van der Waals surface area contributed by atoms with Gasteiger partial charge >= 0.3 is 20.2 Å². The van der Waals surface area contributed by atoms with Crippen LogP contribution in [0.3, 0.4) is 0 Å². The molecule has 2 atom stereocenters. The minimum atomic E-state index is -1.70. The molecule has 3 aliphatic rings. The van der Waals surface area contributed by atoms with E-state index < -0.39 is 62.3 Å². The summed E-state index contributed by atoms with van der Waals surface area (Å²) in [7, 11) is -1.25. The molecule has 1 unspecified atom stereocenters. The van der Waals surface area contributed by atoms with E-state index in [4.69, 9.17) is 14.4 Å². The number of fused-ring (bicyclic) bond motifs is 2. The Morgan fingerprint density at radius 2 is 1.68 bits per heavy atom. The summed E-state index contributed by atoms with van der Waals surface area (Å²) >= 11 is 0. The molecule has 1 aliphatic carbocycles. The second kappa shape index (κ2) is 12.2. The number of carboxylic acids is 1. The summed E-state index contributed by atoms with van der Waals surface area (Å²) in [5, 5.41) is 38.3. The van der Waals surface area contributed by atoms with Gasteiger partial charge in [0, 0.05) is 24.7 Å². The SMILES string of the molecule is CNC(=O)C(NC(=O)C1=C=C=C2COB(O)C2=C1)[C@H](NC(=O)c1ccc2c(c1)B(O)OC2)C(=O)NCCC(=O)O. The van der Waals surface area contributed by atoms with Crippen molar-refractivity contribution >= 4 is 49.3 Å². The Balaban J connectivity index is 1.61. The van der Waals surface area contributed by atoms with E-state index in [9.17, 15) is 34.0 Å². The zero-order chi connectivity index (χ0) is 29.0. The molecule has 14 nitrogen and oxygen atoms in total. The van der Waals surface area contributed by atoms with E-state index in [1.807, 2.05) is 0 Å². The van der Waals surface area contributed by atoms with Crippen LogP contribution in [0.2, 0.25) is 0 Å². The van der Waals surface area contributed by atoms with Gasteiger partial charge in [-0.1, -0.05) is 17.5 Å². The smallest absolute Gasteiger partial charge is 0.481 e. The van der Waals surface area contributed by atoms with Gasteiger partial charge in [0.05, 0.1) is 25.2 Å². The van der Waals surface area contributed by atoms with Crippen molar-refractivity contribution in [2.75, 3.05) is 20.2 Å². The summed E-state index contributed by atoms with van der Waals surface area (Å²) in [6, 6.07) is 1.01. The topological polar surface area (TPSA) is 213 Å².